The van der Waals surface area contributed by atoms with Crippen LogP contribution in [0, 0.1) is 0 Å². The van der Waals surface area contributed by atoms with E-state index in [1.165, 1.54) is 6.07 Å². The van der Waals surface area contributed by atoms with Crippen LogP contribution in [-0.4, -0.2) is 15.1 Å². The molecule has 0 atom stereocenters. The van der Waals surface area contributed by atoms with E-state index in [4.69, 9.17) is 0 Å². The summed E-state index contributed by atoms with van der Waals surface area (Å²) < 4.78 is 0. The van der Waals surface area contributed by atoms with Crippen molar-refractivity contribution in [1.82, 2.24) is 9.97 Å². The van der Waals surface area contributed by atoms with Gasteiger partial charge in [0, 0.05) is 35.8 Å². The highest BCUT2D eigenvalue weighted by Gasteiger charge is 2.04. The highest BCUT2D eigenvalue weighted by Crippen LogP contribution is 2.20. The Morgan fingerprint density at radius 2 is 1.93 bits per heavy atom. The second-order valence-corrected chi connectivity index (χ2v) is 5.55. The molecular weight excluding hydrogens is 338 g/mol. The number of hydrogen-bond donors (Lipinski definition) is 3. The third-order valence-electron chi connectivity index (χ3n) is 3.70. The Morgan fingerprint density at radius 1 is 1.22 bits per heavy atom. The largest absolute Gasteiger partial charge is 0.508 e. The average molecular weight is 367 g/mol. The summed E-state index contributed by atoms with van der Waals surface area (Å²) in [5, 5.41) is 13.1. The SMILES string of the molecule is CC.C\C=C(O)/C(=C\CC)C(/C)=C/Nc1ccc(-c2ccc(=O)[nH]c2)cn1. The normalized spacial score (nSPS) is 12.3. The van der Waals surface area contributed by atoms with E-state index >= 15 is 0 Å². The van der Waals surface area contributed by atoms with Crippen molar-refractivity contribution in [3.63, 3.8) is 0 Å². The molecule has 5 nitrogen and oxygen atoms in total. The fourth-order valence-electron chi connectivity index (χ4n) is 2.33. The van der Waals surface area contributed by atoms with Gasteiger partial charge in [-0.2, -0.15) is 0 Å². The zero-order chi connectivity index (χ0) is 20.2. The number of nitrogens with one attached hydrogen (secondary N) is 2. The van der Waals surface area contributed by atoms with E-state index in [-0.39, 0.29) is 11.3 Å². The predicted octanol–water partition coefficient (Wildman–Crippen LogP) is 5.58. The molecule has 27 heavy (non-hydrogen) atoms. The van der Waals surface area contributed by atoms with Gasteiger partial charge in [0.25, 0.3) is 0 Å². The van der Waals surface area contributed by atoms with E-state index < -0.39 is 0 Å². The first-order chi connectivity index (χ1) is 13.0. The molecule has 2 heterocycles. The highest BCUT2D eigenvalue weighted by molar-refractivity contribution is 5.62. The van der Waals surface area contributed by atoms with E-state index in [1.54, 1.807) is 31.5 Å². The number of aromatic nitrogens is 2. The van der Waals surface area contributed by atoms with Crippen LogP contribution in [0.25, 0.3) is 11.1 Å². The Balaban J connectivity index is 0.00000176. The second-order valence-electron chi connectivity index (χ2n) is 5.55. The first kappa shape index (κ1) is 22.0. The van der Waals surface area contributed by atoms with Crippen molar-refractivity contribution in [3.05, 3.63) is 82.3 Å². The molecule has 0 radical (unpaired) electrons. The molecule has 0 aliphatic heterocycles. The summed E-state index contributed by atoms with van der Waals surface area (Å²) in [5.41, 5.74) is 3.42. The average Bonchev–Trinajstić information content (AvgIpc) is 2.72. The van der Waals surface area contributed by atoms with Crippen LogP contribution in [0.2, 0.25) is 0 Å². The molecule has 0 saturated carbocycles. The zero-order valence-electron chi connectivity index (χ0n) is 16.7. The number of pyridine rings is 2. The maximum absolute atomic E-state index is 11.1. The smallest absolute Gasteiger partial charge is 0.247 e. The summed E-state index contributed by atoms with van der Waals surface area (Å²) in [5.74, 6) is 0.960. The number of H-pyrrole nitrogens is 1. The molecule has 0 spiro atoms. The lowest BCUT2D eigenvalue weighted by Crippen LogP contribution is -2.01. The van der Waals surface area contributed by atoms with E-state index in [9.17, 15) is 9.90 Å². The summed E-state index contributed by atoms with van der Waals surface area (Å²) in [7, 11) is 0. The van der Waals surface area contributed by atoms with Crippen LogP contribution in [0.15, 0.2) is 76.7 Å². The van der Waals surface area contributed by atoms with E-state index in [1.807, 2.05) is 52.1 Å². The molecule has 5 heteroatoms. The van der Waals surface area contributed by atoms with Crippen LogP contribution in [0.5, 0.6) is 0 Å². The van der Waals surface area contributed by atoms with Crippen molar-refractivity contribution in [2.75, 3.05) is 5.32 Å². The van der Waals surface area contributed by atoms with Crippen LogP contribution in [0.3, 0.4) is 0 Å². The first-order valence-corrected chi connectivity index (χ1v) is 9.19. The first-order valence-electron chi connectivity index (χ1n) is 9.19. The summed E-state index contributed by atoms with van der Waals surface area (Å²) in [4.78, 5) is 18.1. The maximum atomic E-state index is 11.1. The van der Waals surface area contributed by atoms with E-state index in [0.29, 0.717) is 5.82 Å². The van der Waals surface area contributed by atoms with Crippen LogP contribution in [-0.2, 0) is 0 Å². The van der Waals surface area contributed by atoms with Crippen molar-refractivity contribution in [2.24, 2.45) is 0 Å². The van der Waals surface area contributed by atoms with Gasteiger partial charge in [0.15, 0.2) is 0 Å². The minimum atomic E-state index is -0.129. The second kappa shape index (κ2) is 11.5. The molecular formula is C22H29N3O2. The molecule has 2 aromatic heterocycles. The number of hydrogen-bond acceptors (Lipinski definition) is 4. The molecule has 144 valence electrons. The minimum Gasteiger partial charge on any atom is -0.508 e. The third kappa shape index (κ3) is 6.62. The number of allylic oxidation sites excluding steroid dienone is 3. The van der Waals surface area contributed by atoms with Gasteiger partial charge in [0.05, 0.1) is 0 Å². The van der Waals surface area contributed by atoms with Gasteiger partial charge in [-0.3, -0.25) is 4.79 Å². The quantitative estimate of drug-likeness (QED) is 0.460. The molecule has 0 fully saturated rings. The fourth-order valence-corrected chi connectivity index (χ4v) is 2.33. The van der Waals surface area contributed by atoms with Gasteiger partial charge in [-0.25, -0.2) is 4.98 Å². The molecule has 3 N–H and O–H groups in total. The number of aliphatic hydroxyl groups is 1. The molecule has 0 aliphatic rings. The van der Waals surface area contributed by atoms with Gasteiger partial charge >= 0.3 is 0 Å². The van der Waals surface area contributed by atoms with Crippen LogP contribution < -0.4 is 10.9 Å². The van der Waals surface area contributed by atoms with Gasteiger partial charge < -0.3 is 15.4 Å². The van der Waals surface area contributed by atoms with Crippen molar-refractivity contribution >= 4 is 5.82 Å². The summed E-state index contributed by atoms with van der Waals surface area (Å²) in [6.07, 6.45) is 9.73. The summed E-state index contributed by atoms with van der Waals surface area (Å²) in [6.45, 7) is 9.76. The highest BCUT2D eigenvalue weighted by atomic mass is 16.3. The molecule has 2 aromatic rings. The van der Waals surface area contributed by atoms with E-state index in [0.717, 1.165) is 28.7 Å². The van der Waals surface area contributed by atoms with Crippen LogP contribution in [0.4, 0.5) is 5.82 Å². The molecule has 2 rings (SSSR count). The molecule has 0 aliphatic carbocycles. The Morgan fingerprint density at radius 3 is 2.44 bits per heavy atom. The number of aliphatic hydroxyl groups excluding tert-OH is 1. The maximum Gasteiger partial charge on any atom is 0.247 e. The molecule has 0 amide bonds. The van der Waals surface area contributed by atoms with E-state index in [2.05, 4.69) is 15.3 Å². The summed E-state index contributed by atoms with van der Waals surface area (Å²) in [6, 6.07) is 7.04. The fraction of sp³-hybridized carbons (Fsp3) is 0.273. The van der Waals surface area contributed by atoms with Crippen molar-refractivity contribution in [2.45, 2.75) is 41.0 Å². The Kier molecular flexibility index (Phi) is 9.37. The Labute approximate surface area is 161 Å². The monoisotopic (exact) mass is 367 g/mol. The van der Waals surface area contributed by atoms with Gasteiger partial charge in [-0.05, 0) is 55.7 Å². The van der Waals surface area contributed by atoms with Crippen molar-refractivity contribution in [1.29, 1.82) is 0 Å². The lowest BCUT2D eigenvalue weighted by atomic mass is 10.1. The standard InChI is InChI=1S/C20H23N3O2.C2H6/c1-4-6-17(18(24)5-2)14(3)11-21-19-9-7-15(12-22-19)16-8-10-20(25)23-13-16;1-2/h5-13,24H,4H2,1-3H3,(H,21,22)(H,23,25);1-2H3/b14-11+,17-6-,18-5+;. The molecule has 0 unspecified atom stereocenters. The zero-order valence-corrected chi connectivity index (χ0v) is 16.7. The molecule has 0 aromatic carbocycles. The molecule has 0 saturated heterocycles. The van der Waals surface area contributed by atoms with Crippen molar-refractivity contribution in [3.8, 4) is 11.1 Å². The molecule has 0 bridgehead atoms. The lowest BCUT2D eigenvalue weighted by Gasteiger charge is -2.09. The van der Waals surface area contributed by atoms with Gasteiger partial charge in [0.1, 0.15) is 11.6 Å². The number of nitrogens with zero attached hydrogens (tertiary/aromatic N) is 1. The van der Waals surface area contributed by atoms with Gasteiger partial charge in [-0.1, -0.05) is 26.8 Å². The summed E-state index contributed by atoms with van der Waals surface area (Å²) >= 11 is 0. The predicted molar refractivity (Wildman–Crippen MR) is 114 cm³/mol. The Bertz CT molecular complexity index is 839. The Hall–Kier alpha value is -3.08. The minimum absolute atomic E-state index is 0.129. The number of anilines is 1. The van der Waals surface area contributed by atoms with Crippen LogP contribution in [0.1, 0.15) is 41.0 Å². The lowest BCUT2D eigenvalue weighted by molar-refractivity contribution is 0.423. The van der Waals surface area contributed by atoms with Gasteiger partial charge in [-0.15, -0.1) is 0 Å². The van der Waals surface area contributed by atoms with Gasteiger partial charge in [0.2, 0.25) is 5.56 Å². The number of rotatable bonds is 6. The number of aromatic amines is 1. The third-order valence-corrected chi connectivity index (χ3v) is 3.70. The topological polar surface area (TPSA) is 78.0 Å². The van der Waals surface area contributed by atoms with Crippen molar-refractivity contribution < 1.29 is 5.11 Å². The van der Waals surface area contributed by atoms with Crippen LogP contribution >= 0.6 is 0 Å².